The van der Waals surface area contributed by atoms with Crippen molar-refractivity contribution in [3.05, 3.63) is 59.7 Å². The second kappa shape index (κ2) is 9.52. The van der Waals surface area contributed by atoms with Gasteiger partial charge in [0.05, 0.1) is 24.4 Å². The largest absolute Gasteiger partial charge is 0.462 e. The zero-order valence-corrected chi connectivity index (χ0v) is 15.8. The molecule has 0 saturated carbocycles. The SMILES string of the molecule is CCOC(=O)c1cccc(N(CC)CC(=O)Nc2ccccc2C(C)=O)c1. The average molecular weight is 368 g/mol. The van der Waals surface area contributed by atoms with Crippen LogP contribution in [0, 0.1) is 0 Å². The molecule has 1 amide bonds. The van der Waals surface area contributed by atoms with Gasteiger partial charge in [-0.1, -0.05) is 18.2 Å². The number of para-hydroxylation sites is 1. The van der Waals surface area contributed by atoms with Crippen molar-refractivity contribution in [3.63, 3.8) is 0 Å². The third-order valence-electron chi connectivity index (χ3n) is 4.02. The van der Waals surface area contributed by atoms with E-state index in [1.165, 1.54) is 6.92 Å². The van der Waals surface area contributed by atoms with Crippen LogP contribution in [0.2, 0.25) is 0 Å². The van der Waals surface area contributed by atoms with Crippen molar-refractivity contribution in [2.45, 2.75) is 20.8 Å². The van der Waals surface area contributed by atoms with E-state index in [9.17, 15) is 14.4 Å². The third kappa shape index (κ3) is 5.41. The molecule has 0 fully saturated rings. The van der Waals surface area contributed by atoms with Crippen LogP contribution in [0.15, 0.2) is 48.5 Å². The second-order valence-corrected chi connectivity index (χ2v) is 5.93. The number of carbonyl (C=O) groups is 3. The summed E-state index contributed by atoms with van der Waals surface area (Å²) in [5, 5.41) is 2.79. The lowest BCUT2D eigenvalue weighted by Gasteiger charge is -2.23. The maximum absolute atomic E-state index is 12.5. The Balaban J connectivity index is 2.13. The first-order valence-corrected chi connectivity index (χ1v) is 8.88. The van der Waals surface area contributed by atoms with E-state index in [4.69, 9.17) is 4.74 Å². The van der Waals surface area contributed by atoms with E-state index >= 15 is 0 Å². The lowest BCUT2D eigenvalue weighted by Crippen LogP contribution is -2.33. The topological polar surface area (TPSA) is 75.7 Å². The fraction of sp³-hybridized carbons (Fsp3) is 0.286. The summed E-state index contributed by atoms with van der Waals surface area (Å²) in [4.78, 5) is 38.0. The Kier molecular flexibility index (Phi) is 7.11. The van der Waals surface area contributed by atoms with Gasteiger partial charge in [-0.2, -0.15) is 0 Å². The van der Waals surface area contributed by atoms with E-state index in [0.29, 0.717) is 30.0 Å². The highest BCUT2D eigenvalue weighted by atomic mass is 16.5. The number of esters is 1. The number of nitrogens with zero attached hydrogens (tertiary/aromatic N) is 1. The molecular formula is C21H24N2O4. The number of amides is 1. The molecule has 27 heavy (non-hydrogen) atoms. The molecule has 0 radical (unpaired) electrons. The van der Waals surface area contributed by atoms with E-state index in [0.717, 1.165) is 5.69 Å². The molecular weight excluding hydrogens is 344 g/mol. The number of carbonyl (C=O) groups excluding carboxylic acids is 3. The van der Waals surface area contributed by atoms with E-state index in [-0.39, 0.29) is 18.2 Å². The van der Waals surface area contributed by atoms with Crippen LogP contribution in [0.3, 0.4) is 0 Å². The van der Waals surface area contributed by atoms with E-state index in [1.54, 1.807) is 49.4 Å². The van der Waals surface area contributed by atoms with Crippen molar-refractivity contribution in [1.29, 1.82) is 0 Å². The Morgan fingerprint density at radius 2 is 1.78 bits per heavy atom. The van der Waals surface area contributed by atoms with Gasteiger partial charge in [-0.3, -0.25) is 9.59 Å². The fourth-order valence-electron chi connectivity index (χ4n) is 2.69. The van der Waals surface area contributed by atoms with Crippen molar-refractivity contribution >= 4 is 29.0 Å². The Morgan fingerprint density at radius 1 is 1.04 bits per heavy atom. The molecule has 2 rings (SSSR count). The lowest BCUT2D eigenvalue weighted by atomic mass is 10.1. The summed E-state index contributed by atoms with van der Waals surface area (Å²) in [6, 6.07) is 13.9. The zero-order chi connectivity index (χ0) is 19.8. The molecule has 142 valence electrons. The molecule has 0 saturated heterocycles. The number of hydrogen-bond donors (Lipinski definition) is 1. The Bertz CT molecular complexity index is 832. The summed E-state index contributed by atoms with van der Waals surface area (Å²) >= 11 is 0. The number of hydrogen-bond acceptors (Lipinski definition) is 5. The predicted molar refractivity (Wildman–Crippen MR) is 105 cm³/mol. The highest BCUT2D eigenvalue weighted by Gasteiger charge is 2.15. The van der Waals surface area contributed by atoms with E-state index in [2.05, 4.69) is 5.32 Å². The number of ketones is 1. The number of rotatable bonds is 8. The average Bonchev–Trinajstić information content (AvgIpc) is 2.66. The Morgan fingerprint density at radius 3 is 2.44 bits per heavy atom. The molecule has 1 N–H and O–H groups in total. The minimum Gasteiger partial charge on any atom is -0.462 e. The van der Waals surface area contributed by atoms with Gasteiger partial charge in [0.25, 0.3) is 0 Å². The first-order valence-electron chi connectivity index (χ1n) is 8.88. The number of nitrogens with one attached hydrogen (secondary N) is 1. The van der Waals surface area contributed by atoms with Gasteiger partial charge in [-0.05, 0) is 51.1 Å². The fourth-order valence-corrected chi connectivity index (χ4v) is 2.69. The summed E-state index contributed by atoms with van der Waals surface area (Å²) < 4.78 is 5.02. The molecule has 0 bridgehead atoms. The number of ether oxygens (including phenoxy) is 1. The monoisotopic (exact) mass is 368 g/mol. The molecule has 0 spiro atoms. The number of anilines is 2. The smallest absolute Gasteiger partial charge is 0.338 e. The van der Waals surface area contributed by atoms with E-state index in [1.807, 2.05) is 17.9 Å². The molecule has 2 aromatic carbocycles. The van der Waals surface area contributed by atoms with Crippen LogP contribution in [-0.4, -0.2) is 37.4 Å². The van der Waals surface area contributed by atoms with Gasteiger partial charge < -0.3 is 15.0 Å². The van der Waals surface area contributed by atoms with Crippen LogP contribution >= 0.6 is 0 Å². The molecule has 6 nitrogen and oxygen atoms in total. The van der Waals surface area contributed by atoms with Gasteiger partial charge in [-0.15, -0.1) is 0 Å². The van der Waals surface area contributed by atoms with Crippen molar-refractivity contribution in [3.8, 4) is 0 Å². The molecule has 0 heterocycles. The summed E-state index contributed by atoms with van der Waals surface area (Å²) in [5.74, 6) is -0.747. The predicted octanol–water partition coefficient (Wildman–Crippen LogP) is 3.53. The summed E-state index contributed by atoms with van der Waals surface area (Å²) in [7, 11) is 0. The van der Waals surface area contributed by atoms with Crippen LogP contribution in [-0.2, 0) is 9.53 Å². The molecule has 2 aromatic rings. The quantitative estimate of drug-likeness (QED) is 0.570. The number of benzene rings is 2. The van der Waals surface area contributed by atoms with Crippen LogP contribution in [0.4, 0.5) is 11.4 Å². The summed E-state index contributed by atoms with van der Waals surface area (Å²) in [5.41, 5.74) is 2.15. The molecule has 0 aliphatic carbocycles. The third-order valence-corrected chi connectivity index (χ3v) is 4.02. The first kappa shape index (κ1) is 20.2. The molecule has 0 aromatic heterocycles. The highest BCUT2D eigenvalue weighted by molar-refractivity contribution is 6.04. The lowest BCUT2D eigenvalue weighted by molar-refractivity contribution is -0.115. The van der Waals surface area contributed by atoms with Gasteiger partial charge in [-0.25, -0.2) is 4.79 Å². The summed E-state index contributed by atoms with van der Waals surface area (Å²) in [6.07, 6.45) is 0. The second-order valence-electron chi connectivity index (χ2n) is 5.93. The van der Waals surface area contributed by atoms with Crippen LogP contribution < -0.4 is 10.2 Å². The first-order chi connectivity index (χ1) is 13.0. The minimum absolute atomic E-state index is 0.0923. The molecule has 0 aliphatic heterocycles. The minimum atomic E-state index is -0.393. The molecule has 0 aliphatic rings. The number of likely N-dealkylation sites (N-methyl/N-ethyl adjacent to an activating group) is 1. The van der Waals surface area contributed by atoms with Crippen LogP contribution in [0.25, 0.3) is 0 Å². The van der Waals surface area contributed by atoms with Crippen molar-refractivity contribution in [1.82, 2.24) is 0 Å². The van der Waals surface area contributed by atoms with Crippen molar-refractivity contribution < 1.29 is 19.1 Å². The van der Waals surface area contributed by atoms with Gasteiger partial charge >= 0.3 is 5.97 Å². The highest BCUT2D eigenvalue weighted by Crippen LogP contribution is 2.18. The molecule has 0 unspecified atom stereocenters. The zero-order valence-electron chi connectivity index (χ0n) is 15.8. The van der Waals surface area contributed by atoms with E-state index < -0.39 is 5.97 Å². The maximum Gasteiger partial charge on any atom is 0.338 e. The normalized spacial score (nSPS) is 10.2. The maximum atomic E-state index is 12.5. The standard InChI is InChI=1S/C21H24N2O4/c1-4-23(17-10-8-9-16(13-17)21(26)27-5-2)14-20(25)22-19-12-7-6-11-18(19)15(3)24/h6-13H,4-5,14H2,1-3H3,(H,22,25). The van der Waals surface area contributed by atoms with Gasteiger partial charge in [0, 0.05) is 17.8 Å². The Hall–Kier alpha value is -3.15. The van der Waals surface area contributed by atoms with Gasteiger partial charge in [0.1, 0.15) is 0 Å². The molecule has 6 heteroatoms. The number of Topliss-reactive ketones (excluding diaryl/α,β-unsaturated/α-hetero) is 1. The van der Waals surface area contributed by atoms with Crippen LogP contribution in [0.5, 0.6) is 0 Å². The van der Waals surface area contributed by atoms with Crippen molar-refractivity contribution in [2.24, 2.45) is 0 Å². The Labute approximate surface area is 159 Å². The molecule has 0 atom stereocenters. The van der Waals surface area contributed by atoms with Gasteiger partial charge in [0.15, 0.2) is 5.78 Å². The van der Waals surface area contributed by atoms with Gasteiger partial charge in [0.2, 0.25) is 5.91 Å². The van der Waals surface area contributed by atoms with Crippen molar-refractivity contribution in [2.75, 3.05) is 29.9 Å². The summed E-state index contributed by atoms with van der Waals surface area (Å²) in [6.45, 7) is 6.11. The van der Waals surface area contributed by atoms with Crippen LogP contribution in [0.1, 0.15) is 41.5 Å².